The van der Waals surface area contributed by atoms with Crippen LogP contribution in [0.15, 0.2) is 41.6 Å². The summed E-state index contributed by atoms with van der Waals surface area (Å²) in [5.41, 5.74) is -0.591. The molecule has 0 aliphatic heterocycles. The first kappa shape index (κ1) is 16.0. The third-order valence-electron chi connectivity index (χ3n) is 3.75. The van der Waals surface area contributed by atoms with Crippen LogP contribution in [-0.4, -0.2) is 24.2 Å². The van der Waals surface area contributed by atoms with Gasteiger partial charge in [-0.1, -0.05) is 18.2 Å². The molecule has 1 saturated carbocycles. The number of hydrogen-bond acceptors (Lipinski definition) is 3. The third-order valence-corrected chi connectivity index (χ3v) is 5.20. The van der Waals surface area contributed by atoms with Crippen molar-refractivity contribution in [3.8, 4) is 0 Å². The molecule has 0 bridgehead atoms. The monoisotopic (exact) mass is 345 g/mol. The Morgan fingerprint density at radius 2 is 2.00 bits per heavy atom. The lowest BCUT2D eigenvalue weighted by Gasteiger charge is -2.12. The standard InChI is InChI=1S/C14H14F3N3O2S/c1-20-8-9(7-18-20)23(21,22)19-13-6-11(13)10-4-2-3-5-12(10)14(15,16)17/h2-5,7-8,11,13,19H,6H2,1H3/t11-,13-/m0/s1. The molecule has 1 aromatic heterocycles. The van der Waals surface area contributed by atoms with E-state index in [1.165, 1.54) is 35.3 Å². The second-order valence-corrected chi connectivity index (χ2v) is 7.22. The molecule has 5 nitrogen and oxygen atoms in total. The molecule has 0 amide bonds. The second kappa shape index (κ2) is 5.34. The number of nitrogens with zero attached hydrogens (tertiary/aromatic N) is 2. The third kappa shape index (κ3) is 3.25. The molecule has 0 radical (unpaired) electrons. The summed E-state index contributed by atoms with van der Waals surface area (Å²) in [4.78, 5) is -0.00486. The van der Waals surface area contributed by atoms with Gasteiger partial charge in [0.05, 0.1) is 11.8 Å². The summed E-state index contributed by atoms with van der Waals surface area (Å²) >= 11 is 0. The molecule has 0 saturated heterocycles. The van der Waals surface area contributed by atoms with Gasteiger partial charge in [0.2, 0.25) is 10.0 Å². The Kier molecular flexibility index (Phi) is 3.72. The van der Waals surface area contributed by atoms with E-state index in [9.17, 15) is 21.6 Å². The van der Waals surface area contributed by atoms with Crippen LogP contribution in [0.2, 0.25) is 0 Å². The molecule has 2 aromatic rings. The smallest absolute Gasteiger partial charge is 0.274 e. The Hall–Kier alpha value is -1.87. The Labute approximate surface area is 131 Å². The molecular weight excluding hydrogens is 331 g/mol. The Morgan fingerprint density at radius 3 is 2.61 bits per heavy atom. The van der Waals surface area contributed by atoms with Crippen LogP contribution in [-0.2, 0) is 23.2 Å². The van der Waals surface area contributed by atoms with Crippen LogP contribution in [0.1, 0.15) is 23.5 Å². The number of sulfonamides is 1. The van der Waals surface area contributed by atoms with Gasteiger partial charge in [0.15, 0.2) is 0 Å². The van der Waals surface area contributed by atoms with Crippen molar-refractivity contribution in [2.75, 3.05) is 0 Å². The summed E-state index contributed by atoms with van der Waals surface area (Å²) < 4.78 is 67.2. The van der Waals surface area contributed by atoms with Gasteiger partial charge in [0, 0.05) is 25.2 Å². The highest BCUT2D eigenvalue weighted by atomic mass is 32.2. The maximum Gasteiger partial charge on any atom is 0.416 e. The SMILES string of the molecule is Cn1cc(S(=O)(=O)N[C@H]2C[C@H]2c2ccccc2C(F)(F)F)cn1. The summed E-state index contributed by atoms with van der Waals surface area (Å²) in [5.74, 6) is -0.473. The van der Waals surface area contributed by atoms with Gasteiger partial charge in [-0.05, 0) is 18.1 Å². The van der Waals surface area contributed by atoms with E-state index < -0.39 is 33.7 Å². The summed E-state index contributed by atoms with van der Waals surface area (Å²) in [5, 5.41) is 3.78. The zero-order chi connectivity index (χ0) is 16.8. The van der Waals surface area contributed by atoms with Crippen LogP contribution in [0, 0.1) is 0 Å². The van der Waals surface area contributed by atoms with Gasteiger partial charge in [-0.15, -0.1) is 0 Å². The molecule has 2 atom stereocenters. The van der Waals surface area contributed by atoms with Gasteiger partial charge in [-0.2, -0.15) is 18.3 Å². The number of alkyl halides is 3. The van der Waals surface area contributed by atoms with Crippen LogP contribution in [0.25, 0.3) is 0 Å². The molecule has 1 aromatic carbocycles. The van der Waals surface area contributed by atoms with Crippen LogP contribution < -0.4 is 4.72 Å². The fourth-order valence-electron chi connectivity index (χ4n) is 2.55. The molecule has 1 heterocycles. The van der Waals surface area contributed by atoms with Crippen molar-refractivity contribution in [2.45, 2.75) is 29.5 Å². The highest BCUT2D eigenvalue weighted by Crippen LogP contribution is 2.46. The molecule has 124 valence electrons. The van der Waals surface area contributed by atoms with E-state index in [2.05, 4.69) is 9.82 Å². The maximum absolute atomic E-state index is 13.0. The van der Waals surface area contributed by atoms with Crippen molar-refractivity contribution in [3.63, 3.8) is 0 Å². The van der Waals surface area contributed by atoms with E-state index in [4.69, 9.17) is 0 Å². The predicted molar refractivity (Wildman–Crippen MR) is 76.1 cm³/mol. The molecule has 1 N–H and O–H groups in total. The number of rotatable bonds is 4. The second-order valence-electron chi connectivity index (χ2n) is 5.50. The normalized spacial score (nSPS) is 21.4. The van der Waals surface area contributed by atoms with Gasteiger partial charge in [-0.25, -0.2) is 13.1 Å². The zero-order valence-electron chi connectivity index (χ0n) is 12.1. The quantitative estimate of drug-likeness (QED) is 0.925. The molecule has 23 heavy (non-hydrogen) atoms. The van der Waals surface area contributed by atoms with Crippen LogP contribution in [0.5, 0.6) is 0 Å². The minimum absolute atomic E-state index is 0.00486. The van der Waals surface area contributed by atoms with E-state index in [1.807, 2.05) is 0 Å². The first-order chi connectivity index (χ1) is 10.7. The highest BCUT2D eigenvalue weighted by Gasteiger charge is 2.46. The average Bonchev–Trinajstić information content (AvgIpc) is 3.05. The number of aryl methyl sites for hydroxylation is 1. The molecule has 0 spiro atoms. The largest absolute Gasteiger partial charge is 0.416 e. The van der Waals surface area contributed by atoms with Crippen LogP contribution in [0.3, 0.4) is 0 Å². The molecule has 1 aliphatic rings. The fourth-order valence-corrected chi connectivity index (χ4v) is 3.82. The Bertz CT molecular complexity index is 830. The van der Waals surface area contributed by atoms with Crippen molar-refractivity contribution < 1.29 is 21.6 Å². The van der Waals surface area contributed by atoms with Crippen molar-refractivity contribution in [3.05, 3.63) is 47.8 Å². The maximum atomic E-state index is 13.0. The van der Waals surface area contributed by atoms with Gasteiger partial charge in [-0.3, -0.25) is 4.68 Å². The molecule has 3 rings (SSSR count). The van der Waals surface area contributed by atoms with Gasteiger partial charge >= 0.3 is 6.18 Å². The number of halogens is 3. The summed E-state index contributed by atoms with van der Waals surface area (Å²) in [6, 6.07) is 4.72. The number of hydrogen-bond donors (Lipinski definition) is 1. The number of benzene rings is 1. The minimum atomic E-state index is -4.45. The fraction of sp³-hybridized carbons (Fsp3) is 0.357. The minimum Gasteiger partial charge on any atom is -0.274 e. The van der Waals surface area contributed by atoms with E-state index in [0.29, 0.717) is 6.42 Å². The zero-order valence-corrected chi connectivity index (χ0v) is 12.9. The van der Waals surface area contributed by atoms with Crippen molar-refractivity contribution in [2.24, 2.45) is 7.05 Å². The number of aromatic nitrogens is 2. The van der Waals surface area contributed by atoms with Crippen molar-refractivity contribution in [1.29, 1.82) is 0 Å². The average molecular weight is 345 g/mol. The van der Waals surface area contributed by atoms with E-state index in [1.54, 1.807) is 7.05 Å². The lowest BCUT2D eigenvalue weighted by Crippen LogP contribution is -2.26. The summed E-state index contributed by atoms with van der Waals surface area (Å²) in [6.07, 6.45) is -1.58. The Balaban J connectivity index is 1.79. The van der Waals surface area contributed by atoms with E-state index in [0.717, 1.165) is 6.07 Å². The van der Waals surface area contributed by atoms with E-state index in [-0.39, 0.29) is 10.5 Å². The lowest BCUT2D eigenvalue weighted by molar-refractivity contribution is -0.138. The molecule has 0 unspecified atom stereocenters. The molecular formula is C14H14F3N3O2S. The molecule has 1 aliphatic carbocycles. The Morgan fingerprint density at radius 1 is 1.30 bits per heavy atom. The predicted octanol–water partition coefficient (Wildman–Crippen LogP) is 2.27. The first-order valence-corrected chi connectivity index (χ1v) is 8.34. The molecule has 1 fully saturated rings. The van der Waals surface area contributed by atoms with Crippen LogP contribution in [0.4, 0.5) is 13.2 Å². The highest BCUT2D eigenvalue weighted by molar-refractivity contribution is 7.89. The van der Waals surface area contributed by atoms with Gasteiger partial charge < -0.3 is 0 Å². The van der Waals surface area contributed by atoms with E-state index >= 15 is 0 Å². The topological polar surface area (TPSA) is 64.0 Å². The summed E-state index contributed by atoms with van der Waals surface area (Å²) in [6.45, 7) is 0. The van der Waals surface area contributed by atoms with Crippen LogP contribution >= 0.6 is 0 Å². The van der Waals surface area contributed by atoms with Gasteiger partial charge in [0.25, 0.3) is 0 Å². The lowest BCUT2D eigenvalue weighted by atomic mass is 10.0. The van der Waals surface area contributed by atoms with Gasteiger partial charge in [0.1, 0.15) is 4.90 Å². The number of nitrogens with one attached hydrogen (secondary N) is 1. The summed E-state index contributed by atoms with van der Waals surface area (Å²) in [7, 11) is -2.20. The van der Waals surface area contributed by atoms with Crippen molar-refractivity contribution >= 4 is 10.0 Å². The first-order valence-electron chi connectivity index (χ1n) is 6.85. The molecule has 9 heteroatoms. The van der Waals surface area contributed by atoms with Crippen molar-refractivity contribution in [1.82, 2.24) is 14.5 Å².